The Hall–Kier alpha value is 0.341. The summed E-state index contributed by atoms with van der Waals surface area (Å²) < 4.78 is 9.64. The Balaban J connectivity index is -0.000000109. The van der Waals surface area contributed by atoms with Crippen molar-refractivity contribution in [1.82, 2.24) is 19.6 Å². The zero-order valence-corrected chi connectivity index (χ0v) is 39.0. The summed E-state index contributed by atoms with van der Waals surface area (Å²) in [4.78, 5) is 7.81. The first-order valence-electron chi connectivity index (χ1n) is 16.4. The van der Waals surface area contributed by atoms with Gasteiger partial charge in [-0.05, 0) is 52.4 Å². The monoisotopic (exact) mass is 778 g/mol. The summed E-state index contributed by atoms with van der Waals surface area (Å²) in [7, 11) is -4.42. The normalized spacial score (nSPS) is 11.0. The molecular formula is C30H76Co2N8Si4. The molecule has 0 aromatic carbocycles. The predicted octanol–water partition coefficient (Wildman–Crippen LogP) is 9.25. The van der Waals surface area contributed by atoms with Crippen LogP contribution in [-0.2, 0) is 33.6 Å². The number of rotatable bonds is 12. The minimum atomic E-state index is -1.11. The second-order valence-corrected chi connectivity index (χ2v) is 33.4. The largest absolute Gasteiger partial charge is 2.00 e. The molecule has 0 aliphatic heterocycles. The van der Waals surface area contributed by atoms with Crippen LogP contribution in [-0.4, -0.2) is 117 Å². The van der Waals surface area contributed by atoms with Gasteiger partial charge in [-0.3, -0.25) is 0 Å². The van der Waals surface area contributed by atoms with Gasteiger partial charge in [-0.25, -0.2) is 0 Å². The van der Waals surface area contributed by atoms with Crippen LogP contribution < -0.4 is 0 Å². The van der Waals surface area contributed by atoms with Crippen molar-refractivity contribution in [1.29, 1.82) is 0 Å². The van der Waals surface area contributed by atoms with Gasteiger partial charge in [-0.15, -0.1) is 0 Å². The van der Waals surface area contributed by atoms with Crippen LogP contribution in [0.1, 0.15) is 55.4 Å². The minimum Gasteiger partial charge on any atom is -0.668 e. The zero-order chi connectivity index (χ0) is 34.5. The fourth-order valence-electron chi connectivity index (χ4n) is 4.44. The summed E-state index contributed by atoms with van der Waals surface area (Å²) in [5.74, 6) is 0.815. The van der Waals surface area contributed by atoms with Crippen LogP contribution >= 0.6 is 0 Å². The molecule has 0 heterocycles. The van der Waals surface area contributed by atoms with E-state index in [-0.39, 0.29) is 33.6 Å². The molecule has 14 heteroatoms. The number of hydrogen-bond donors (Lipinski definition) is 0. The van der Waals surface area contributed by atoms with E-state index < -0.39 is 32.9 Å². The summed E-state index contributed by atoms with van der Waals surface area (Å²) in [5.41, 5.74) is 0. The summed E-state index contributed by atoms with van der Waals surface area (Å²) in [6, 6.07) is 0. The molecule has 0 amide bonds. The average Bonchev–Trinajstić information content (AvgIpc) is 2.79. The van der Waals surface area contributed by atoms with E-state index in [0.717, 1.165) is 52.4 Å². The van der Waals surface area contributed by atoms with Crippen LogP contribution in [0.2, 0.25) is 78.6 Å². The van der Waals surface area contributed by atoms with Gasteiger partial charge in [0.25, 0.3) is 0 Å². The molecule has 0 aromatic heterocycles. The number of hydrogen-bond acceptors (Lipinski definition) is 0. The van der Waals surface area contributed by atoms with Crippen molar-refractivity contribution in [2.24, 2.45) is 0 Å². The molecule has 0 saturated heterocycles. The minimum absolute atomic E-state index is 0. The maximum Gasteiger partial charge on any atom is 2.00 e. The van der Waals surface area contributed by atoms with Crippen LogP contribution in [0, 0.1) is 0 Å². The molecule has 270 valence electrons. The van der Waals surface area contributed by atoms with Crippen molar-refractivity contribution < 1.29 is 33.6 Å². The van der Waals surface area contributed by atoms with Gasteiger partial charge in [-0.2, -0.15) is 0 Å². The Labute approximate surface area is 302 Å². The maximum atomic E-state index is 9.74. The van der Waals surface area contributed by atoms with Gasteiger partial charge in [0, 0.05) is 11.9 Å². The fourth-order valence-corrected chi connectivity index (χ4v) is 20.5. The first kappa shape index (κ1) is 56.7. The van der Waals surface area contributed by atoms with Gasteiger partial charge in [0.2, 0.25) is 0 Å². The van der Waals surface area contributed by atoms with Crippen molar-refractivity contribution >= 4 is 44.9 Å². The summed E-state index contributed by atoms with van der Waals surface area (Å²) in [6.45, 7) is 50.8. The molecule has 0 saturated carbocycles. The van der Waals surface area contributed by atoms with E-state index in [4.69, 9.17) is 9.30 Å². The molecule has 0 rings (SSSR count). The Bertz CT molecular complexity index is 566. The van der Waals surface area contributed by atoms with E-state index in [0.29, 0.717) is 11.9 Å². The van der Waals surface area contributed by atoms with Crippen LogP contribution in [0.15, 0.2) is 0 Å². The summed E-state index contributed by atoms with van der Waals surface area (Å²) in [5, 5.41) is 19.5. The molecule has 0 unspecified atom stereocenters. The van der Waals surface area contributed by atoms with Gasteiger partial charge in [-0.1, -0.05) is 167 Å². The Morgan fingerprint density at radius 1 is 0.364 bits per heavy atom. The molecule has 0 bridgehead atoms. The van der Waals surface area contributed by atoms with E-state index >= 15 is 0 Å². The zero-order valence-electron chi connectivity index (χ0n) is 32.9. The van der Waals surface area contributed by atoms with Gasteiger partial charge >= 0.3 is 33.6 Å². The Morgan fingerprint density at radius 2 is 0.477 bits per heavy atom. The maximum absolute atomic E-state index is 9.74. The van der Waals surface area contributed by atoms with Crippen LogP contribution in [0.25, 0.3) is 20.1 Å². The number of nitrogens with zero attached hydrogens (tertiary/aromatic N) is 8. The molecule has 0 aliphatic rings. The fraction of sp³-hybridized carbons (Fsp3) is 0.933. The van der Waals surface area contributed by atoms with E-state index in [1.807, 2.05) is 75.0 Å². The van der Waals surface area contributed by atoms with Crippen molar-refractivity contribution in [3.8, 4) is 0 Å². The van der Waals surface area contributed by atoms with E-state index in [9.17, 15) is 10.8 Å². The summed E-state index contributed by atoms with van der Waals surface area (Å²) in [6.07, 6.45) is 0. The molecule has 0 aromatic rings. The Morgan fingerprint density at radius 3 is 0.523 bits per heavy atom. The molecule has 44 heavy (non-hydrogen) atoms. The summed E-state index contributed by atoms with van der Waals surface area (Å²) >= 11 is 0. The molecule has 2 radical (unpaired) electrons. The topological polar surface area (TPSA) is 85.8 Å². The number of guanidine groups is 2. The smallest absolute Gasteiger partial charge is 0.668 e. The second-order valence-electron chi connectivity index (χ2n) is 14.2. The molecule has 0 fully saturated rings. The standard InChI is InChI=1S/2C9H20N3.2C6H18NSi2.2Co/c2*1-5-11(6-2)9(10)12(7-3)8-4;2*1-8(2,3)7-9(4,5)6;;/h2*5-8H2,1-4H3;2*1-6H3;;/q4*-1;2*+2. The van der Waals surface area contributed by atoms with Gasteiger partial charge in [0.1, 0.15) is 0 Å². The Kier molecular flexibility index (Phi) is 36.5. The van der Waals surface area contributed by atoms with Crippen molar-refractivity contribution in [2.75, 3.05) is 52.4 Å². The van der Waals surface area contributed by atoms with Crippen molar-refractivity contribution in [3.63, 3.8) is 0 Å². The van der Waals surface area contributed by atoms with Crippen LogP contribution in [0.4, 0.5) is 0 Å². The molecular weight excluding hydrogens is 703 g/mol. The van der Waals surface area contributed by atoms with Gasteiger partial charge in [0.15, 0.2) is 0 Å². The molecule has 0 spiro atoms. The van der Waals surface area contributed by atoms with E-state index in [1.54, 1.807) is 0 Å². The molecule has 0 atom stereocenters. The average molecular weight is 779 g/mol. The SMILES string of the molecule is CCN(CC)C(=[N-])N(CC)CC.CCN(CC)C(=[N-])N(CC)CC.C[Si](C)(C)[N-][Si](C)(C)C.C[Si](C)(C)[N-][Si](C)(C)C.[Co+2].[Co+2]. The quantitative estimate of drug-likeness (QED) is 0.112. The second kappa shape index (κ2) is 28.4. The predicted molar refractivity (Wildman–Crippen MR) is 209 cm³/mol. The van der Waals surface area contributed by atoms with Gasteiger partial charge < -0.3 is 39.7 Å². The van der Waals surface area contributed by atoms with Gasteiger partial charge in [0.05, 0.1) is 0 Å². The third kappa shape index (κ3) is 36.8. The van der Waals surface area contributed by atoms with Crippen molar-refractivity contribution in [2.45, 2.75) is 134 Å². The third-order valence-corrected chi connectivity index (χ3v) is 16.3. The first-order valence-corrected chi connectivity index (χ1v) is 30.2. The molecule has 8 nitrogen and oxygen atoms in total. The molecule has 0 N–H and O–H groups in total. The third-order valence-electron chi connectivity index (χ3n) is 5.53. The first-order chi connectivity index (χ1) is 18.8. The van der Waals surface area contributed by atoms with E-state index in [1.165, 1.54) is 0 Å². The molecule has 0 aliphatic carbocycles. The van der Waals surface area contributed by atoms with E-state index in [2.05, 4.69) is 78.6 Å². The van der Waals surface area contributed by atoms with Crippen molar-refractivity contribution in [3.05, 3.63) is 20.1 Å². The van der Waals surface area contributed by atoms with Crippen LogP contribution in [0.5, 0.6) is 0 Å². The van der Waals surface area contributed by atoms with Crippen LogP contribution in [0.3, 0.4) is 0 Å².